The fraction of sp³-hybridized carbons (Fsp3) is 0.312. The van der Waals surface area contributed by atoms with Crippen LogP contribution in [0.15, 0.2) is 30.5 Å². The summed E-state index contributed by atoms with van der Waals surface area (Å²) in [4.78, 5) is 41.5. The molecule has 128 valence electrons. The van der Waals surface area contributed by atoms with Gasteiger partial charge in [-0.25, -0.2) is 9.48 Å². The van der Waals surface area contributed by atoms with E-state index in [1.807, 2.05) is 0 Å². The van der Waals surface area contributed by atoms with E-state index in [0.717, 1.165) is 12.8 Å². The van der Waals surface area contributed by atoms with E-state index in [2.05, 4.69) is 10.3 Å². The molecule has 0 radical (unpaired) electrons. The summed E-state index contributed by atoms with van der Waals surface area (Å²) in [5.41, 5.74) is 0.305. The number of hydrogen-bond acceptors (Lipinski definition) is 7. The maximum absolute atomic E-state index is 12.2. The number of hydrogen-bond donors (Lipinski definition) is 0. The van der Waals surface area contributed by atoms with Crippen molar-refractivity contribution in [3.05, 3.63) is 47.3 Å². The second kappa shape index (κ2) is 6.10. The van der Waals surface area contributed by atoms with Crippen molar-refractivity contribution >= 4 is 17.8 Å². The molecule has 2 aliphatic heterocycles. The number of aromatic nitrogens is 3. The third kappa shape index (κ3) is 2.78. The van der Waals surface area contributed by atoms with Crippen LogP contribution in [0.1, 0.15) is 44.0 Å². The molecular formula is C16H14N4O5. The van der Waals surface area contributed by atoms with E-state index in [1.165, 1.54) is 23.0 Å². The molecule has 0 aliphatic carbocycles. The number of carbonyl (C=O) groups excluding carboxylic acids is 3. The highest BCUT2D eigenvalue weighted by Crippen LogP contribution is 2.23. The van der Waals surface area contributed by atoms with Crippen molar-refractivity contribution in [3.63, 3.8) is 0 Å². The van der Waals surface area contributed by atoms with Crippen molar-refractivity contribution in [1.82, 2.24) is 20.1 Å². The molecule has 2 amide bonds. The zero-order valence-corrected chi connectivity index (χ0v) is 13.1. The van der Waals surface area contributed by atoms with Gasteiger partial charge in [-0.15, -0.1) is 5.10 Å². The lowest BCUT2D eigenvalue weighted by atomic mass is 10.1. The first-order chi connectivity index (χ1) is 12.1. The van der Waals surface area contributed by atoms with Gasteiger partial charge >= 0.3 is 5.97 Å². The lowest BCUT2D eigenvalue weighted by molar-refractivity contribution is -0.0588. The topological polar surface area (TPSA) is 104 Å². The minimum Gasteiger partial charge on any atom is -0.376 e. The van der Waals surface area contributed by atoms with E-state index in [4.69, 9.17) is 9.57 Å². The minimum atomic E-state index is -0.923. The second-order valence-corrected chi connectivity index (χ2v) is 5.79. The molecule has 1 atom stereocenters. The Balaban J connectivity index is 1.45. The Morgan fingerprint density at radius 2 is 1.96 bits per heavy atom. The van der Waals surface area contributed by atoms with Gasteiger partial charge in [-0.3, -0.25) is 9.59 Å². The van der Waals surface area contributed by atoms with Crippen LogP contribution in [-0.2, 0) is 16.1 Å². The van der Waals surface area contributed by atoms with Gasteiger partial charge < -0.3 is 9.57 Å². The average molecular weight is 342 g/mol. The largest absolute Gasteiger partial charge is 0.385 e. The molecule has 9 nitrogen and oxygen atoms in total. The first kappa shape index (κ1) is 15.5. The highest BCUT2D eigenvalue weighted by atomic mass is 16.7. The van der Waals surface area contributed by atoms with Gasteiger partial charge in [-0.1, -0.05) is 22.4 Å². The highest BCUT2D eigenvalue weighted by Gasteiger charge is 2.39. The average Bonchev–Trinajstić information content (AvgIpc) is 3.34. The Labute approximate surface area is 142 Å². The maximum Gasteiger partial charge on any atom is 0.385 e. The molecule has 1 aromatic heterocycles. The zero-order valence-electron chi connectivity index (χ0n) is 13.1. The standard InChI is InChI=1S/C16H14N4O5/c21-14-11-5-1-2-6-12(11)15(22)20(14)25-16(23)13-9-19(18-17-13)8-10-4-3-7-24-10/h1-2,5-6,9-10H,3-4,7-8H2. The van der Waals surface area contributed by atoms with Crippen molar-refractivity contribution in [1.29, 1.82) is 0 Å². The molecule has 1 saturated heterocycles. The lowest BCUT2D eigenvalue weighted by Gasteiger charge is -2.11. The molecule has 1 fully saturated rings. The number of nitrogens with zero attached hydrogens (tertiary/aromatic N) is 4. The maximum atomic E-state index is 12.2. The molecular weight excluding hydrogens is 328 g/mol. The van der Waals surface area contributed by atoms with Gasteiger partial charge in [-0.05, 0) is 25.0 Å². The van der Waals surface area contributed by atoms with Crippen molar-refractivity contribution in [2.75, 3.05) is 6.61 Å². The second-order valence-electron chi connectivity index (χ2n) is 5.79. The van der Waals surface area contributed by atoms with Crippen LogP contribution >= 0.6 is 0 Å². The third-order valence-electron chi connectivity index (χ3n) is 4.09. The summed E-state index contributed by atoms with van der Waals surface area (Å²) >= 11 is 0. The number of amides is 2. The Hall–Kier alpha value is -3.07. The smallest absolute Gasteiger partial charge is 0.376 e. The normalized spacial score (nSPS) is 19.4. The van der Waals surface area contributed by atoms with Crippen LogP contribution in [-0.4, -0.2) is 50.6 Å². The molecule has 4 rings (SSSR count). The van der Waals surface area contributed by atoms with Gasteiger partial charge in [0.05, 0.1) is 30.0 Å². The summed E-state index contributed by atoms with van der Waals surface area (Å²) in [7, 11) is 0. The monoisotopic (exact) mass is 342 g/mol. The van der Waals surface area contributed by atoms with Gasteiger partial charge in [0.15, 0.2) is 5.69 Å². The molecule has 0 bridgehead atoms. The summed E-state index contributed by atoms with van der Waals surface area (Å²) < 4.78 is 6.98. The van der Waals surface area contributed by atoms with Crippen LogP contribution in [0.25, 0.3) is 0 Å². The first-order valence-electron chi connectivity index (χ1n) is 7.85. The van der Waals surface area contributed by atoms with Crippen molar-refractivity contribution in [2.24, 2.45) is 0 Å². The van der Waals surface area contributed by atoms with Crippen LogP contribution in [0.3, 0.4) is 0 Å². The van der Waals surface area contributed by atoms with E-state index < -0.39 is 17.8 Å². The van der Waals surface area contributed by atoms with Crippen molar-refractivity contribution in [2.45, 2.75) is 25.5 Å². The van der Waals surface area contributed by atoms with E-state index in [1.54, 1.807) is 12.1 Å². The molecule has 1 unspecified atom stereocenters. The van der Waals surface area contributed by atoms with Gasteiger partial charge in [0, 0.05) is 6.61 Å². The summed E-state index contributed by atoms with van der Waals surface area (Å²) in [6.07, 6.45) is 3.37. The van der Waals surface area contributed by atoms with Gasteiger partial charge in [-0.2, -0.15) is 0 Å². The molecule has 0 spiro atoms. The quantitative estimate of drug-likeness (QED) is 0.758. The Morgan fingerprint density at radius 3 is 2.60 bits per heavy atom. The molecule has 2 aliphatic rings. The number of imide groups is 1. The Morgan fingerprint density at radius 1 is 1.24 bits per heavy atom. The van der Waals surface area contributed by atoms with Gasteiger partial charge in [0.25, 0.3) is 11.8 Å². The number of ether oxygens (including phenoxy) is 1. The molecule has 2 aromatic rings. The van der Waals surface area contributed by atoms with E-state index in [0.29, 0.717) is 18.2 Å². The van der Waals surface area contributed by atoms with Crippen LogP contribution in [0.5, 0.6) is 0 Å². The number of rotatable bonds is 4. The number of fused-ring (bicyclic) bond motifs is 1. The number of benzene rings is 1. The fourth-order valence-corrected chi connectivity index (χ4v) is 2.86. The van der Waals surface area contributed by atoms with Gasteiger partial charge in [0.2, 0.25) is 0 Å². The predicted molar refractivity (Wildman–Crippen MR) is 81.4 cm³/mol. The predicted octanol–water partition coefficient (Wildman–Crippen LogP) is 0.825. The fourth-order valence-electron chi connectivity index (χ4n) is 2.86. The highest BCUT2D eigenvalue weighted by molar-refractivity contribution is 6.21. The number of carbonyl (C=O) groups is 3. The van der Waals surface area contributed by atoms with E-state index in [9.17, 15) is 14.4 Å². The summed E-state index contributed by atoms with van der Waals surface area (Å²) in [5.74, 6) is -2.28. The molecule has 3 heterocycles. The number of hydroxylamine groups is 2. The lowest BCUT2D eigenvalue weighted by Crippen LogP contribution is -2.32. The van der Waals surface area contributed by atoms with Gasteiger partial charge in [0.1, 0.15) is 0 Å². The zero-order chi connectivity index (χ0) is 17.4. The molecule has 1 aromatic carbocycles. The van der Waals surface area contributed by atoms with Crippen LogP contribution in [0.4, 0.5) is 0 Å². The van der Waals surface area contributed by atoms with E-state index in [-0.39, 0.29) is 22.9 Å². The third-order valence-corrected chi connectivity index (χ3v) is 4.09. The minimum absolute atomic E-state index is 0.0433. The molecule has 25 heavy (non-hydrogen) atoms. The molecule has 0 saturated carbocycles. The molecule has 9 heteroatoms. The SMILES string of the molecule is O=C(ON1C(=O)c2ccccc2C1=O)c1cn(CC2CCCO2)nn1. The van der Waals surface area contributed by atoms with Crippen LogP contribution < -0.4 is 0 Å². The summed E-state index contributed by atoms with van der Waals surface area (Å²) in [5, 5.41) is 8.03. The van der Waals surface area contributed by atoms with E-state index >= 15 is 0 Å². The Bertz CT molecular complexity index is 821. The molecule has 0 N–H and O–H groups in total. The van der Waals surface area contributed by atoms with Crippen molar-refractivity contribution < 1.29 is 24.0 Å². The summed E-state index contributed by atoms with van der Waals surface area (Å²) in [6.45, 7) is 1.20. The first-order valence-corrected chi connectivity index (χ1v) is 7.85. The summed E-state index contributed by atoms with van der Waals surface area (Å²) in [6, 6.07) is 6.26. The van der Waals surface area contributed by atoms with Crippen LogP contribution in [0, 0.1) is 0 Å². The van der Waals surface area contributed by atoms with Crippen molar-refractivity contribution in [3.8, 4) is 0 Å². The Kier molecular flexibility index (Phi) is 3.77. The van der Waals surface area contributed by atoms with Crippen LogP contribution in [0.2, 0.25) is 0 Å².